The smallest absolute Gasteiger partial charge is 0.248 e. The van der Waals surface area contributed by atoms with Crippen LogP contribution < -0.4 is 10.9 Å². The molecule has 0 aromatic carbocycles. The van der Waals surface area contributed by atoms with E-state index in [1.54, 1.807) is 13.1 Å². The number of rotatable bonds is 2. The van der Waals surface area contributed by atoms with Crippen molar-refractivity contribution in [3.05, 3.63) is 56.8 Å². The largest absolute Gasteiger partial charge is 0.358 e. The monoisotopic (exact) mass is 284 g/mol. The maximum absolute atomic E-state index is 12.8. The summed E-state index contributed by atoms with van der Waals surface area (Å²) in [5.74, 6) is -0.531. The molecule has 0 bridgehead atoms. The maximum atomic E-state index is 12.8. The minimum atomic E-state index is -0.368. The Labute approximate surface area is 121 Å². The first-order valence-electron chi connectivity index (χ1n) is 7.05. The molecule has 0 spiro atoms. The normalized spacial score (nSPS) is 20.2. The molecule has 1 aliphatic heterocycles. The van der Waals surface area contributed by atoms with Crippen molar-refractivity contribution in [2.24, 2.45) is 5.92 Å². The second-order valence-electron chi connectivity index (χ2n) is 5.41. The predicted molar refractivity (Wildman–Crippen MR) is 78.2 cm³/mol. The Morgan fingerprint density at radius 2 is 1.95 bits per heavy atom. The summed E-state index contributed by atoms with van der Waals surface area (Å²) in [4.78, 5) is 39.5. The first-order chi connectivity index (χ1) is 10.0. The Balaban J connectivity index is 2.22. The van der Waals surface area contributed by atoms with Crippen molar-refractivity contribution < 1.29 is 9.59 Å². The van der Waals surface area contributed by atoms with Gasteiger partial charge in [0, 0.05) is 17.6 Å². The lowest BCUT2D eigenvalue weighted by molar-refractivity contribution is 0.0956. The minimum Gasteiger partial charge on any atom is -0.358 e. The van der Waals surface area contributed by atoms with E-state index in [4.69, 9.17) is 0 Å². The lowest BCUT2D eigenvalue weighted by Crippen LogP contribution is -2.36. The van der Waals surface area contributed by atoms with Crippen molar-refractivity contribution in [2.75, 3.05) is 0 Å². The number of H-pyrrole nitrogens is 1. The van der Waals surface area contributed by atoms with E-state index in [9.17, 15) is 14.4 Å². The van der Waals surface area contributed by atoms with Gasteiger partial charge in [0.1, 0.15) is 5.69 Å². The summed E-state index contributed by atoms with van der Waals surface area (Å²) in [5.41, 5.74) is 1.43. The third-order valence-electron chi connectivity index (χ3n) is 3.96. The van der Waals surface area contributed by atoms with Gasteiger partial charge in [0.15, 0.2) is 5.78 Å². The highest BCUT2D eigenvalue weighted by atomic mass is 16.1. The van der Waals surface area contributed by atoms with Crippen LogP contribution in [0.2, 0.25) is 0 Å². The van der Waals surface area contributed by atoms with E-state index in [-0.39, 0.29) is 28.7 Å². The number of allylic oxidation sites excluding steroid dienone is 3. The lowest BCUT2D eigenvalue weighted by atomic mass is 9.79. The van der Waals surface area contributed by atoms with Crippen molar-refractivity contribution in [1.29, 1.82) is 0 Å². The van der Waals surface area contributed by atoms with Crippen LogP contribution in [0.15, 0.2) is 34.4 Å². The molecule has 0 fully saturated rings. The molecule has 1 aromatic rings. The van der Waals surface area contributed by atoms with Crippen molar-refractivity contribution in [3.8, 4) is 0 Å². The average molecular weight is 284 g/mol. The molecular formula is C16H16N2O3. The number of pyridine rings is 1. The van der Waals surface area contributed by atoms with Gasteiger partial charge in [-0.05, 0) is 25.1 Å². The topological polar surface area (TPSA) is 79.0 Å². The second-order valence-corrected chi connectivity index (χ2v) is 5.41. The summed E-state index contributed by atoms with van der Waals surface area (Å²) in [5, 5.41) is 2.88. The Morgan fingerprint density at radius 1 is 1.19 bits per heavy atom. The number of dihydropyridines is 1. The fourth-order valence-electron chi connectivity index (χ4n) is 3.04. The fraction of sp³-hybridized carbons (Fsp3) is 0.312. The first kappa shape index (κ1) is 13.5. The number of ketones is 2. The molecule has 21 heavy (non-hydrogen) atoms. The van der Waals surface area contributed by atoms with Gasteiger partial charge >= 0.3 is 0 Å². The predicted octanol–water partition coefficient (Wildman–Crippen LogP) is 1.85. The molecule has 1 aliphatic carbocycles. The number of aromatic nitrogens is 1. The van der Waals surface area contributed by atoms with Crippen molar-refractivity contribution in [1.82, 2.24) is 10.3 Å². The number of carbonyl (C=O) groups excluding carboxylic acids is 2. The Kier molecular flexibility index (Phi) is 3.12. The number of aryl methyl sites for hydroxylation is 1. The van der Waals surface area contributed by atoms with E-state index in [1.807, 2.05) is 13.0 Å². The van der Waals surface area contributed by atoms with Crippen molar-refractivity contribution in [3.63, 3.8) is 0 Å². The van der Waals surface area contributed by atoms with E-state index in [0.717, 1.165) is 12.8 Å². The molecule has 0 amide bonds. The number of Topliss-reactive ketones (excluding diaryl/α,β-unsaturated/α-hetero) is 2. The lowest BCUT2D eigenvalue weighted by Gasteiger charge is -2.28. The SMILES string of the molecule is CCCC1C=CNC2=C1C(=O)c1c(C)cc(=O)[nH]c1C2=O. The highest BCUT2D eigenvalue weighted by Crippen LogP contribution is 2.34. The molecule has 5 nitrogen and oxygen atoms in total. The highest BCUT2D eigenvalue weighted by Gasteiger charge is 2.37. The van der Waals surface area contributed by atoms with Gasteiger partial charge < -0.3 is 10.3 Å². The van der Waals surface area contributed by atoms with E-state index in [2.05, 4.69) is 10.3 Å². The van der Waals surface area contributed by atoms with Gasteiger partial charge in [-0.15, -0.1) is 0 Å². The molecule has 1 unspecified atom stereocenters. The molecular weight excluding hydrogens is 268 g/mol. The maximum Gasteiger partial charge on any atom is 0.248 e. The second kappa shape index (κ2) is 4.84. The summed E-state index contributed by atoms with van der Waals surface area (Å²) < 4.78 is 0. The summed E-state index contributed by atoms with van der Waals surface area (Å²) >= 11 is 0. The number of hydrogen-bond donors (Lipinski definition) is 2. The average Bonchev–Trinajstić information content (AvgIpc) is 2.44. The standard InChI is InChI=1S/C16H16N2O3/c1-3-4-9-5-6-17-13-12(9)15(20)11-8(2)7-10(19)18-14(11)16(13)21/h5-7,9,17H,3-4H2,1-2H3,(H,18,19). The number of carbonyl (C=O) groups is 2. The zero-order valence-corrected chi connectivity index (χ0v) is 11.9. The third-order valence-corrected chi connectivity index (χ3v) is 3.96. The van der Waals surface area contributed by atoms with Gasteiger partial charge in [-0.1, -0.05) is 19.4 Å². The quantitative estimate of drug-likeness (QED) is 0.868. The summed E-state index contributed by atoms with van der Waals surface area (Å²) in [6, 6.07) is 1.36. The van der Waals surface area contributed by atoms with Crippen LogP contribution in [0.3, 0.4) is 0 Å². The zero-order chi connectivity index (χ0) is 15.1. The van der Waals surface area contributed by atoms with Gasteiger partial charge in [0.25, 0.3) is 0 Å². The van der Waals surface area contributed by atoms with Gasteiger partial charge in [-0.2, -0.15) is 0 Å². The number of nitrogens with one attached hydrogen (secondary N) is 2. The van der Waals surface area contributed by atoms with Crippen LogP contribution in [0.25, 0.3) is 0 Å². The van der Waals surface area contributed by atoms with Gasteiger partial charge in [0.05, 0.1) is 11.3 Å². The molecule has 2 N–H and O–H groups in total. The van der Waals surface area contributed by atoms with Crippen LogP contribution >= 0.6 is 0 Å². The Bertz CT molecular complexity index is 768. The Morgan fingerprint density at radius 3 is 2.67 bits per heavy atom. The summed E-state index contributed by atoms with van der Waals surface area (Å²) in [7, 11) is 0. The van der Waals surface area contributed by atoms with Crippen LogP contribution in [0, 0.1) is 12.8 Å². The first-order valence-corrected chi connectivity index (χ1v) is 7.05. The van der Waals surface area contributed by atoms with E-state index >= 15 is 0 Å². The van der Waals surface area contributed by atoms with Crippen LogP contribution in [-0.4, -0.2) is 16.6 Å². The third kappa shape index (κ3) is 1.96. The van der Waals surface area contributed by atoms with Crippen molar-refractivity contribution in [2.45, 2.75) is 26.7 Å². The molecule has 0 saturated carbocycles. The molecule has 1 aromatic heterocycles. The van der Waals surface area contributed by atoms with Gasteiger partial charge in [-0.3, -0.25) is 14.4 Å². The minimum absolute atomic E-state index is 0.0535. The van der Waals surface area contributed by atoms with Crippen molar-refractivity contribution >= 4 is 11.6 Å². The fourth-order valence-corrected chi connectivity index (χ4v) is 3.04. The highest BCUT2D eigenvalue weighted by molar-refractivity contribution is 6.26. The molecule has 2 aliphatic rings. The molecule has 2 heterocycles. The number of aromatic amines is 1. The van der Waals surface area contributed by atoms with Gasteiger partial charge in [0.2, 0.25) is 11.3 Å². The van der Waals surface area contributed by atoms with Crippen LogP contribution in [0.5, 0.6) is 0 Å². The van der Waals surface area contributed by atoms with Gasteiger partial charge in [-0.25, -0.2) is 0 Å². The molecule has 0 radical (unpaired) electrons. The zero-order valence-electron chi connectivity index (χ0n) is 11.9. The molecule has 0 saturated heterocycles. The summed E-state index contributed by atoms with van der Waals surface area (Å²) in [6.45, 7) is 3.73. The molecule has 3 rings (SSSR count). The van der Waals surface area contributed by atoms with Crippen LogP contribution in [0.4, 0.5) is 0 Å². The number of fused-ring (bicyclic) bond motifs is 1. The molecule has 1 atom stereocenters. The molecule has 108 valence electrons. The van der Waals surface area contributed by atoms with E-state index < -0.39 is 0 Å². The summed E-state index contributed by atoms with van der Waals surface area (Å²) in [6.07, 6.45) is 5.35. The van der Waals surface area contributed by atoms with Crippen LogP contribution in [-0.2, 0) is 0 Å². The Hall–Kier alpha value is -2.43. The molecule has 5 heteroatoms. The van der Waals surface area contributed by atoms with Crippen LogP contribution in [0.1, 0.15) is 46.2 Å². The number of hydrogen-bond acceptors (Lipinski definition) is 4. The van der Waals surface area contributed by atoms with E-state index in [0.29, 0.717) is 22.4 Å². The van der Waals surface area contributed by atoms with E-state index in [1.165, 1.54) is 6.07 Å².